The van der Waals surface area contributed by atoms with Crippen LogP contribution in [0.4, 0.5) is 5.69 Å². The van der Waals surface area contributed by atoms with Gasteiger partial charge >= 0.3 is 0 Å². The summed E-state index contributed by atoms with van der Waals surface area (Å²) in [6.45, 7) is 4.12. The van der Waals surface area contributed by atoms with E-state index in [1.54, 1.807) is 29.2 Å². The molecule has 0 bridgehead atoms. The lowest BCUT2D eigenvalue weighted by Gasteiger charge is -2.21. The van der Waals surface area contributed by atoms with E-state index < -0.39 is 0 Å². The van der Waals surface area contributed by atoms with Gasteiger partial charge < -0.3 is 15.0 Å². The predicted molar refractivity (Wildman–Crippen MR) is 99.2 cm³/mol. The molecule has 5 nitrogen and oxygen atoms in total. The highest BCUT2D eigenvalue weighted by atomic mass is 35.5. The van der Waals surface area contributed by atoms with Gasteiger partial charge in [0.15, 0.2) is 6.61 Å². The lowest BCUT2D eigenvalue weighted by atomic mass is 10.2. The maximum Gasteiger partial charge on any atom is 0.258 e. The zero-order valence-electron chi connectivity index (χ0n) is 14.3. The summed E-state index contributed by atoms with van der Waals surface area (Å²) >= 11 is 5.79. The van der Waals surface area contributed by atoms with E-state index in [0.717, 1.165) is 11.3 Å². The van der Waals surface area contributed by atoms with Crippen LogP contribution in [0, 0.1) is 6.92 Å². The van der Waals surface area contributed by atoms with E-state index in [4.69, 9.17) is 16.3 Å². The molecule has 0 fully saturated rings. The molecule has 0 aliphatic heterocycles. The van der Waals surface area contributed by atoms with Gasteiger partial charge in [-0.2, -0.15) is 0 Å². The smallest absolute Gasteiger partial charge is 0.258 e. The molecule has 1 N–H and O–H groups in total. The molecule has 0 spiro atoms. The Hall–Kier alpha value is -2.53. The minimum absolute atomic E-state index is 0.0720. The zero-order valence-corrected chi connectivity index (χ0v) is 15.0. The standard InChI is InChI=1S/C19H21ClN2O3/c1-14-4-3-5-17(12-14)22(15(2)23)11-10-21-19(24)13-25-18-8-6-16(20)7-9-18/h3-9,12H,10-11,13H2,1-2H3,(H,21,24). The number of carbonyl (C=O) groups excluding carboxylic acids is 2. The SMILES string of the molecule is CC(=O)N(CCNC(=O)COc1ccc(Cl)cc1)c1cccc(C)c1. The first-order chi connectivity index (χ1) is 12.0. The molecule has 0 heterocycles. The first kappa shape index (κ1) is 18.8. The van der Waals surface area contributed by atoms with Crippen LogP contribution in [0.5, 0.6) is 5.75 Å². The monoisotopic (exact) mass is 360 g/mol. The summed E-state index contributed by atoms with van der Waals surface area (Å²) in [6, 6.07) is 14.5. The van der Waals surface area contributed by atoms with Gasteiger partial charge in [-0.15, -0.1) is 0 Å². The van der Waals surface area contributed by atoms with Crippen LogP contribution in [0.25, 0.3) is 0 Å². The van der Waals surface area contributed by atoms with Crippen LogP contribution >= 0.6 is 11.6 Å². The molecule has 0 atom stereocenters. The predicted octanol–water partition coefficient (Wildman–Crippen LogP) is 3.20. The van der Waals surface area contributed by atoms with Crippen molar-refractivity contribution in [2.24, 2.45) is 0 Å². The van der Waals surface area contributed by atoms with E-state index in [1.165, 1.54) is 6.92 Å². The van der Waals surface area contributed by atoms with Crippen LogP contribution in [0.2, 0.25) is 5.02 Å². The van der Waals surface area contributed by atoms with Gasteiger partial charge in [0.2, 0.25) is 5.91 Å². The van der Waals surface area contributed by atoms with E-state index in [0.29, 0.717) is 23.9 Å². The third-order valence-corrected chi connectivity index (χ3v) is 3.79. The maximum absolute atomic E-state index is 11.9. The molecule has 0 unspecified atom stereocenters. The van der Waals surface area contributed by atoms with Crippen molar-refractivity contribution in [2.45, 2.75) is 13.8 Å². The van der Waals surface area contributed by atoms with Gasteiger partial charge in [-0.25, -0.2) is 0 Å². The fraction of sp³-hybridized carbons (Fsp3) is 0.263. The van der Waals surface area contributed by atoms with Crippen LogP contribution in [-0.4, -0.2) is 31.5 Å². The number of rotatable bonds is 7. The summed E-state index contributed by atoms with van der Waals surface area (Å²) in [6.07, 6.45) is 0. The van der Waals surface area contributed by atoms with Gasteiger partial charge in [0.1, 0.15) is 5.75 Å². The first-order valence-corrected chi connectivity index (χ1v) is 8.33. The molecule has 132 valence electrons. The number of aryl methyl sites for hydroxylation is 1. The Bertz CT molecular complexity index is 732. The minimum atomic E-state index is -0.248. The molecule has 2 aromatic carbocycles. The summed E-state index contributed by atoms with van der Waals surface area (Å²) in [5.74, 6) is 0.254. The van der Waals surface area contributed by atoms with Crippen molar-refractivity contribution in [3.8, 4) is 5.75 Å². The zero-order chi connectivity index (χ0) is 18.2. The highest BCUT2D eigenvalue weighted by Crippen LogP contribution is 2.16. The third-order valence-electron chi connectivity index (χ3n) is 3.53. The van der Waals surface area contributed by atoms with E-state index in [1.807, 2.05) is 31.2 Å². The molecule has 2 rings (SSSR count). The van der Waals surface area contributed by atoms with Gasteiger partial charge in [0, 0.05) is 30.7 Å². The Morgan fingerprint density at radius 1 is 1.16 bits per heavy atom. The lowest BCUT2D eigenvalue weighted by Crippen LogP contribution is -2.39. The highest BCUT2D eigenvalue weighted by Gasteiger charge is 2.12. The molecule has 2 aromatic rings. The second-order valence-corrected chi connectivity index (χ2v) is 6.04. The number of ether oxygens (including phenoxy) is 1. The van der Waals surface area contributed by atoms with Crippen molar-refractivity contribution in [3.63, 3.8) is 0 Å². The summed E-state index contributed by atoms with van der Waals surface area (Å²) in [5.41, 5.74) is 1.89. The fourth-order valence-electron chi connectivity index (χ4n) is 2.30. The number of anilines is 1. The van der Waals surface area contributed by atoms with Crippen molar-refractivity contribution in [3.05, 3.63) is 59.1 Å². The molecule has 25 heavy (non-hydrogen) atoms. The minimum Gasteiger partial charge on any atom is -0.484 e. The molecule has 6 heteroatoms. The number of halogens is 1. The van der Waals surface area contributed by atoms with Gasteiger partial charge in [-0.3, -0.25) is 9.59 Å². The quantitative estimate of drug-likeness (QED) is 0.824. The summed E-state index contributed by atoms with van der Waals surface area (Å²) in [4.78, 5) is 25.3. The lowest BCUT2D eigenvalue weighted by molar-refractivity contribution is -0.123. The molecule has 0 saturated heterocycles. The molecule has 2 amide bonds. The summed E-state index contributed by atoms with van der Waals surface area (Å²) < 4.78 is 5.38. The number of nitrogens with zero attached hydrogens (tertiary/aromatic N) is 1. The van der Waals surface area contributed by atoms with E-state index in [2.05, 4.69) is 5.32 Å². The van der Waals surface area contributed by atoms with E-state index in [-0.39, 0.29) is 18.4 Å². The number of amides is 2. The Morgan fingerprint density at radius 2 is 1.88 bits per heavy atom. The Labute approximate surface area is 152 Å². The third kappa shape index (κ3) is 6.12. The largest absolute Gasteiger partial charge is 0.484 e. The number of hydrogen-bond donors (Lipinski definition) is 1. The normalized spacial score (nSPS) is 10.2. The molecular formula is C19H21ClN2O3. The Balaban J connectivity index is 1.80. The molecule has 0 radical (unpaired) electrons. The number of nitrogens with one attached hydrogen (secondary N) is 1. The van der Waals surface area contributed by atoms with Crippen molar-refractivity contribution in [1.82, 2.24) is 5.32 Å². The van der Waals surface area contributed by atoms with Crippen LogP contribution in [0.15, 0.2) is 48.5 Å². The first-order valence-electron chi connectivity index (χ1n) is 7.95. The fourth-order valence-corrected chi connectivity index (χ4v) is 2.43. The van der Waals surface area contributed by atoms with E-state index >= 15 is 0 Å². The molecule has 0 saturated carbocycles. The average molecular weight is 361 g/mol. The van der Waals surface area contributed by atoms with Gasteiger partial charge in [-0.1, -0.05) is 23.7 Å². The van der Waals surface area contributed by atoms with E-state index in [9.17, 15) is 9.59 Å². The second kappa shape index (κ2) is 9.08. The molecule has 0 aliphatic rings. The van der Waals surface area contributed by atoms with Crippen LogP contribution in [0.1, 0.15) is 12.5 Å². The van der Waals surface area contributed by atoms with Crippen molar-refractivity contribution >= 4 is 29.1 Å². The van der Waals surface area contributed by atoms with Crippen LogP contribution < -0.4 is 15.0 Å². The van der Waals surface area contributed by atoms with Crippen molar-refractivity contribution in [2.75, 3.05) is 24.6 Å². The van der Waals surface area contributed by atoms with Gasteiger partial charge in [0.25, 0.3) is 5.91 Å². The average Bonchev–Trinajstić information content (AvgIpc) is 2.58. The van der Waals surface area contributed by atoms with Gasteiger partial charge in [0.05, 0.1) is 0 Å². The number of carbonyl (C=O) groups is 2. The van der Waals surface area contributed by atoms with Crippen LogP contribution in [0.3, 0.4) is 0 Å². The Morgan fingerprint density at radius 3 is 2.52 bits per heavy atom. The number of benzene rings is 2. The maximum atomic E-state index is 11.9. The molecule has 0 aromatic heterocycles. The Kier molecular flexibility index (Phi) is 6.83. The molecule has 0 aliphatic carbocycles. The number of hydrogen-bond acceptors (Lipinski definition) is 3. The second-order valence-electron chi connectivity index (χ2n) is 5.60. The summed E-state index contributed by atoms with van der Waals surface area (Å²) in [5, 5.41) is 3.36. The van der Waals surface area contributed by atoms with Crippen LogP contribution in [-0.2, 0) is 9.59 Å². The van der Waals surface area contributed by atoms with Crippen molar-refractivity contribution < 1.29 is 14.3 Å². The topological polar surface area (TPSA) is 58.6 Å². The van der Waals surface area contributed by atoms with Gasteiger partial charge in [-0.05, 0) is 48.9 Å². The summed E-state index contributed by atoms with van der Waals surface area (Å²) in [7, 11) is 0. The molecular weight excluding hydrogens is 340 g/mol. The van der Waals surface area contributed by atoms with Crippen molar-refractivity contribution in [1.29, 1.82) is 0 Å². The highest BCUT2D eigenvalue weighted by molar-refractivity contribution is 6.30.